The van der Waals surface area contributed by atoms with E-state index < -0.39 is 0 Å². The minimum absolute atomic E-state index is 0.774. The van der Waals surface area contributed by atoms with Gasteiger partial charge in [-0.05, 0) is 85.8 Å². The van der Waals surface area contributed by atoms with Crippen LogP contribution in [-0.4, -0.2) is 16.6 Å². The average molecular weight is 468 g/mol. The van der Waals surface area contributed by atoms with Gasteiger partial charge in [-0.2, -0.15) is 0 Å². The Morgan fingerprint density at radius 1 is 0.943 bits per heavy atom. The van der Waals surface area contributed by atoms with Crippen molar-refractivity contribution in [1.29, 1.82) is 0 Å². The van der Waals surface area contributed by atoms with E-state index in [0.717, 1.165) is 64.6 Å². The number of H-pyrrole nitrogens is 1. The van der Waals surface area contributed by atoms with Gasteiger partial charge >= 0.3 is 0 Å². The van der Waals surface area contributed by atoms with Crippen LogP contribution in [-0.2, 0) is 0 Å². The van der Waals surface area contributed by atoms with E-state index in [4.69, 9.17) is 9.72 Å². The van der Waals surface area contributed by atoms with Crippen molar-refractivity contribution in [3.05, 3.63) is 83.4 Å². The van der Waals surface area contributed by atoms with E-state index in [1.54, 1.807) is 0 Å². The van der Waals surface area contributed by atoms with E-state index >= 15 is 0 Å². The Morgan fingerprint density at radius 3 is 2.54 bits per heavy atom. The molecule has 4 aromatic rings. The minimum atomic E-state index is 0.774. The van der Waals surface area contributed by atoms with Gasteiger partial charge in [0.2, 0.25) is 0 Å². The summed E-state index contributed by atoms with van der Waals surface area (Å²) in [5.74, 6) is 1.78. The third kappa shape index (κ3) is 6.33. The van der Waals surface area contributed by atoms with Gasteiger partial charge in [-0.25, -0.2) is 4.98 Å². The summed E-state index contributed by atoms with van der Waals surface area (Å²) in [6, 6.07) is 21.1. The molecule has 4 nitrogen and oxygen atoms in total. The van der Waals surface area contributed by atoms with Gasteiger partial charge in [0, 0.05) is 16.9 Å². The lowest BCUT2D eigenvalue weighted by Crippen LogP contribution is -2.01. The molecule has 0 atom stereocenters. The summed E-state index contributed by atoms with van der Waals surface area (Å²) in [7, 11) is 0. The molecule has 0 amide bonds. The summed E-state index contributed by atoms with van der Waals surface area (Å²) in [5.41, 5.74) is 8.89. The first-order valence-electron chi connectivity index (χ1n) is 12.8. The van der Waals surface area contributed by atoms with Gasteiger partial charge in [0.1, 0.15) is 11.6 Å². The first kappa shape index (κ1) is 24.6. The van der Waals surface area contributed by atoms with Crippen LogP contribution in [0.25, 0.3) is 28.1 Å². The van der Waals surface area contributed by atoms with Crippen molar-refractivity contribution in [2.45, 2.75) is 59.8 Å². The second-order valence-corrected chi connectivity index (χ2v) is 9.22. The molecule has 182 valence electrons. The highest BCUT2D eigenvalue weighted by Crippen LogP contribution is 2.28. The van der Waals surface area contributed by atoms with Crippen molar-refractivity contribution in [2.24, 2.45) is 0 Å². The molecule has 2 N–H and O–H groups in total. The number of aryl methyl sites for hydroxylation is 2. The number of hydrogen-bond donors (Lipinski definition) is 2. The van der Waals surface area contributed by atoms with E-state index in [2.05, 4.69) is 92.6 Å². The van der Waals surface area contributed by atoms with Gasteiger partial charge in [0.05, 0.1) is 17.6 Å². The van der Waals surface area contributed by atoms with Gasteiger partial charge in [-0.3, -0.25) is 0 Å². The lowest BCUT2D eigenvalue weighted by Gasteiger charge is -2.14. The van der Waals surface area contributed by atoms with Crippen LogP contribution in [0.2, 0.25) is 0 Å². The lowest BCUT2D eigenvalue weighted by molar-refractivity contribution is 0.305. The van der Waals surface area contributed by atoms with Crippen molar-refractivity contribution < 1.29 is 4.74 Å². The number of aromatic amines is 1. The number of allylic oxidation sites excluding steroid dienone is 1. The largest absolute Gasteiger partial charge is 0.494 e. The Bertz CT molecular complexity index is 1280. The Morgan fingerprint density at radius 2 is 1.77 bits per heavy atom. The number of nitrogens with one attached hydrogen (secondary N) is 2. The number of imidazole rings is 1. The average Bonchev–Trinajstić information content (AvgIpc) is 3.29. The van der Waals surface area contributed by atoms with E-state index in [9.17, 15) is 0 Å². The molecule has 0 saturated carbocycles. The van der Waals surface area contributed by atoms with Gasteiger partial charge in [0.25, 0.3) is 0 Å². The Hall–Kier alpha value is -3.53. The second kappa shape index (κ2) is 11.7. The molecule has 0 aliphatic rings. The number of rotatable bonds is 11. The van der Waals surface area contributed by atoms with E-state index in [1.165, 1.54) is 30.4 Å². The Labute approximate surface area is 209 Å². The molecule has 3 aromatic carbocycles. The summed E-state index contributed by atoms with van der Waals surface area (Å²) in [5, 5.41) is 3.65. The lowest BCUT2D eigenvalue weighted by atomic mass is 10.1. The molecule has 4 rings (SSSR count). The number of fused-ring (bicyclic) bond motifs is 1. The molecule has 0 radical (unpaired) electrons. The predicted octanol–water partition coefficient (Wildman–Crippen LogP) is 8.67. The molecule has 0 spiro atoms. The van der Waals surface area contributed by atoms with Crippen LogP contribution in [0.5, 0.6) is 5.75 Å². The Kier molecular flexibility index (Phi) is 8.25. The maximum absolute atomic E-state index is 5.89. The predicted molar refractivity (Wildman–Crippen MR) is 149 cm³/mol. The molecule has 1 aromatic heterocycles. The molecular weight excluding hydrogens is 430 g/mol. The highest BCUT2D eigenvalue weighted by molar-refractivity contribution is 5.86. The van der Waals surface area contributed by atoms with Crippen molar-refractivity contribution in [3.63, 3.8) is 0 Å². The summed E-state index contributed by atoms with van der Waals surface area (Å²) in [4.78, 5) is 8.37. The summed E-state index contributed by atoms with van der Waals surface area (Å²) >= 11 is 0. The molecule has 0 aliphatic heterocycles. The van der Waals surface area contributed by atoms with Crippen molar-refractivity contribution >= 4 is 22.4 Å². The third-order valence-electron chi connectivity index (χ3n) is 6.26. The fourth-order valence-electron chi connectivity index (χ4n) is 4.20. The molecule has 0 fully saturated rings. The number of ether oxygens (including phenoxy) is 1. The number of hydrogen-bond acceptors (Lipinski definition) is 3. The molecule has 35 heavy (non-hydrogen) atoms. The van der Waals surface area contributed by atoms with E-state index in [0.29, 0.717) is 0 Å². The third-order valence-corrected chi connectivity index (χ3v) is 6.26. The van der Waals surface area contributed by atoms with E-state index in [-0.39, 0.29) is 0 Å². The summed E-state index contributed by atoms with van der Waals surface area (Å²) < 4.78 is 5.89. The summed E-state index contributed by atoms with van der Waals surface area (Å²) in [6.45, 7) is 9.42. The van der Waals surface area contributed by atoms with Crippen LogP contribution in [0.3, 0.4) is 0 Å². The number of unbranched alkanes of at least 4 members (excludes halogenated alkanes) is 3. The molecule has 4 heteroatoms. The molecule has 0 aliphatic carbocycles. The zero-order valence-corrected chi connectivity index (χ0v) is 21.4. The summed E-state index contributed by atoms with van der Waals surface area (Å²) in [6.07, 6.45) is 8.03. The van der Waals surface area contributed by atoms with Crippen LogP contribution < -0.4 is 10.1 Å². The number of nitrogens with zero attached hydrogens (tertiary/aromatic N) is 1. The SMILES string of the molecule is CC/C=C(/Nc1cc(C)ccc1C)c1ccc2[nH]c(-c3ccc(OCCCCCC)cc3)nc2c1. The maximum atomic E-state index is 5.89. The fourth-order valence-corrected chi connectivity index (χ4v) is 4.20. The monoisotopic (exact) mass is 467 g/mol. The highest BCUT2D eigenvalue weighted by Gasteiger charge is 2.10. The molecule has 0 saturated heterocycles. The Balaban J connectivity index is 1.51. The van der Waals surface area contributed by atoms with E-state index in [1.807, 2.05) is 12.1 Å². The second-order valence-electron chi connectivity index (χ2n) is 9.22. The van der Waals surface area contributed by atoms with Crippen molar-refractivity contribution in [1.82, 2.24) is 9.97 Å². The van der Waals surface area contributed by atoms with Crippen LogP contribution in [0.1, 0.15) is 62.6 Å². The van der Waals surface area contributed by atoms with Gasteiger partial charge in [0.15, 0.2) is 0 Å². The quantitative estimate of drug-likeness (QED) is 0.217. The topological polar surface area (TPSA) is 49.9 Å². The van der Waals surface area contributed by atoms with Gasteiger partial charge < -0.3 is 15.0 Å². The molecule has 1 heterocycles. The molecule has 0 unspecified atom stereocenters. The van der Waals surface area contributed by atoms with Crippen molar-refractivity contribution in [2.75, 3.05) is 11.9 Å². The number of benzene rings is 3. The normalized spacial score (nSPS) is 11.7. The number of aromatic nitrogens is 2. The fraction of sp³-hybridized carbons (Fsp3) is 0.323. The molecular formula is C31H37N3O. The first-order chi connectivity index (χ1) is 17.1. The van der Waals surface area contributed by atoms with Crippen LogP contribution in [0.15, 0.2) is 66.7 Å². The zero-order chi connectivity index (χ0) is 24.6. The zero-order valence-electron chi connectivity index (χ0n) is 21.4. The first-order valence-corrected chi connectivity index (χ1v) is 12.8. The highest BCUT2D eigenvalue weighted by atomic mass is 16.5. The standard InChI is InChI=1S/C31H37N3O/c1-5-7-8-9-19-35-26-16-13-24(14-17-26)31-33-28-18-15-25(21-30(28)34-31)27(10-6-2)32-29-20-22(3)11-12-23(29)4/h10-18,20-21,32H,5-9,19H2,1-4H3,(H,33,34)/b27-10+. The molecule has 0 bridgehead atoms. The van der Waals surface area contributed by atoms with Crippen LogP contribution in [0, 0.1) is 13.8 Å². The van der Waals surface area contributed by atoms with Gasteiger partial charge in [-0.15, -0.1) is 0 Å². The van der Waals surface area contributed by atoms with Crippen LogP contribution in [0.4, 0.5) is 5.69 Å². The maximum Gasteiger partial charge on any atom is 0.138 e. The van der Waals surface area contributed by atoms with Gasteiger partial charge in [-0.1, -0.05) is 57.4 Å². The van der Waals surface area contributed by atoms with Crippen LogP contribution >= 0.6 is 0 Å². The smallest absolute Gasteiger partial charge is 0.138 e. The van der Waals surface area contributed by atoms with Crippen molar-refractivity contribution in [3.8, 4) is 17.1 Å². The number of anilines is 1. The minimum Gasteiger partial charge on any atom is -0.494 e.